The lowest BCUT2D eigenvalue weighted by Crippen LogP contribution is -2.54. The van der Waals surface area contributed by atoms with E-state index < -0.39 is 29.8 Å². The van der Waals surface area contributed by atoms with Crippen LogP contribution in [-0.2, 0) is 14.4 Å². The first-order valence-corrected chi connectivity index (χ1v) is 11.9. The summed E-state index contributed by atoms with van der Waals surface area (Å²) >= 11 is 0. The van der Waals surface area contributed by atoms with E-state index in [0.29, 0.717) is 36.6 Å². The Morgan fingerprint density at radius 3 is 2.53 bits per heavy atom. The van der Waals surface area contributed by atoms with Crippen LogP contribution in [-0.4, -0.2) is 47.7 Å². The molecule has 0 unspecified atom stereocenters. The maximum Gasteiger partial charge on any atom is 0.268 e. The van der Waals surface area contributed by atoms with Gasteiger partial charge in [0.25, 0.3) is 5.91 Å². The molecule has 0 aliphatic heterocycles. The normalized spacial score (nSPS) is 19.9. The van der Waals surface area contributed by atoms with Gasteiger partial charge in [-0.3, -0.25) is 19.2 Å². The third-order valence-electron chi connectivity index (χ3n) is 7.12. The van der Waals surface area contributed by atoms with Crippen molar-refractivity contribution < 1.29 is 23.9 Å². The van der Waals surface area contributed by atoms with Crippen LogP contribution in [0.3, 0.4) is 0 Å². The summed E-state index contributed by atoms with van der Waals surface area (Å²) in [5.41, 5.74) is 6.60. The predicted molar refractivity (Wildman–Crippen MR) is 126 cm³/mol. The number of Topliss-reactive ketones (excluding diaryl/α,β-unsaturated/α-hetero) is 1. The number of ether oxygens (including phenoxy) is 1. The van der Waals surface area contributed by atoms with Gasteiger partial charge in [0.1, 0.15) is 29.3 Å². The van der Waals surface area contributed by atoms with Crippen molar-refractivity contribution in [2.45, 2.75) is 63.5 Å². The van der Waals surface area contributed by atoms with Crippen LogP contribution in [0.5, 0.6) is 5.75 Å². The summed E-state index contributed by atoms with van der Waals surface area (Å²) in [7, 11) is 1.56. The van der Waals surface area contributed by atoms with Crippen molar-refractivity contribution in [1.82, 2.24) is 15.6 Å². The number of aromatic amines is 1. The Balaban J connectivity index is 1.48. The molecule has 0 saturated heterocycles. The molecule has 0 spiro atoms. The van der Waals surface area contributed by atoms with Crippen LogP contribution in [0.15, 0.2) is 24.3 Å². The molecule has 3 amide bonds. The van der Waals surface area contributed by atoms with Crippen molar-refractivity contribution in [2.75, 3.05) is 7.11 Å². The van der Waals surface area contributed by atoms with E-state index in [1.54, 1.807) is 13.2 Å². The second-order valence-corrected chi connectivity index (χ2v) is 9.42. The third-order valence-corrected chi connectivity index (χ3v) is 7.12. The summed E-state index contributed by atoms with van der Waals surface area (Å²) in [6.07, 6.45) is 5.77. The molecule has 9 heteroatoms. The first-order valence-electron chi connectivity index (χ1n) is 11.9. The lowest BCUT2D eigenvalue weighted by molar-refractivity contribution is -0.130. The van der Waals surface area contributed by atoms with Gasteiger partial charge in [-0.05, 0) is 49.8 Å². The number of rotatable bonds is 10. The zero-order valence-electron chi connectivity index (χ0n) is 19.4. The van der Waals surface area contributed by atoms with Crippen molar-refractivity contribution >= 4 is 34.4 Å². The molecule has 4 rings (SSSR count). The summed E-state index contributed by atoms with van der Waals surface area (Å²) in [6.45, 7) is 0. The second-order valence-electron chi connectivity index (χ2n) is 9.42. The van der Waals surface area contributed by atoms with Gasteiger partial charge in [-0.25, -0.2) is 0 Å². The van der Waals surface area contributed by atoms with Crippen molar-refractivity contribution in [2.24, 2.45) is 17.6 Å². The number of methoxy groups -OCH3 is 1. The van der Waals surface area contributed by atoms with Crippen molar-refractivity contribution in [3.63, 3.8) is 0 Å². The summed E-state index contributed by atoms with van der Waals surface area (Å²) in [4.78, 5) is 53.4. The molecule has 2 aromatic rings. The maximum absolute atomic E-state index is 13.2. The van der Waals surface area contributed by atoms with Gasteiger partial charge in [-0.2, -0.15) is 0 Å². The fraction of sp³-hybridized carbons (Fsp3) is 0.520. The SMILES string of the molecule is COc1cccc2[nH]c(C(=O)N[C@@H](CC3CCC3)C(=O)N[C@@H](C[C@@H]3CCCC3=O)C(N)=O)cc12. The minimum Gasteiger partial charge on any atom is -0.496 e. The van der Waals surface area contributed by atoms with E-state index >= 15 is 0 Å². The fourth-order valence-corrected chi connectivity index (χ4v) is 4.90. The summed E-state index contributed by atoms with van der Waals surface area (Å²) < 4.78 is 5.36. The summed E-state index contributed by atoms with van der Waals surface area (Å²) in [5, 5.41) is 6.31. The van der Waals surface area contributed by atoms with E-state index in [-0.39, 0.29) is 18.1 Å². The van der Waals surface area contributed by atoms with Crippen LogP contribution in [0.2, 0.25) is 0 Å². The number of benzene rings is 1. The van der Waals surface area contributed by atoms with E-state index in [4.69, 9.17) is 10.5 Å². The van der Waals surface area contributed by atoms with Crippen LogP contribution >= 0.6 is 0 Å². The van der Waals surface area contributed by atoms with Crippen LogP contribution < -0.4 is 21.1 Å². The third kappa shape index (κ3) is 5.24. The zero-order chi connectivity index (χ0) is 24.2. The molecule has 1 aromatic carbocycles. The largest absolute Gasteiger partial charge is 0.496 e. The molecule has 2 saturated carbocycles. The maximum atomic E-state index is 13.2. The first kappa shape index (κ1) is 23.8. The summed E-state index contributed by atoms with van der Waals surface area (Å²) in [6, 6.07) is 5.41. The van der Waals surface area contributed by atoms with Crippen molar-refractivity contribution in [1.29, 1.82) is 0 Å². The van der Waals surface area contributed by atoms with E-state index in [1.165, 1.54) is 0 Å². The Morgan fingerprint density at radius 2 is 1.91 bits per heavy atom. The number of carbonyl (C=O) groups is 4. The highest BCUT2D eigenvalue weighted by atomic mass is 16.5. The van der Waals surface area contributed by atoms with Crippen LogP contribution in [0.1, 0.15) is 61.9 Å². The molecule has 34 heavy (non-hydrogen) atoms. The smallest absolute Gasteiger partial charge is 0.268 e. The van der Waals surface area contributed by atoms with Gasteiger partial charge in [-0.15, -0.1) is 0 Å². The number of amides is 3. The van der Waals surface area contributed by atoms with Gasteiger partial charge >= 0.3 is 0 Å². The van der Waals surface area contributed by atoms with Crippen LogP contribution in [0.25, 0.3) is 10.9 Å². The number of ketones is 1. The molecule has 0 radical (unpaired) electrons. The van der Waals surface area contributed by atoms with E-state index in [0.717, 1.165) is 36.6 Å². The second kappa shape index (κ2) is 10.3. The van der Waals surface area contributed by atoms with Crippen LogP contribution in [0.4, 0.5) is 0 Å². The van der Waals surface area contributed by atoms with E-state index in [9.17, 15) is 19.2 Å². The molecule has 2 aliphatic rings. The summed E-state index contributed by atoms with van der Waals surface area (Å²) in [5.74, 6) is -0.732. The molecule has 0 bridgehead atoms. The number of aromatic nitrogens is 1. The minimum atomic E-state index is -0.947. The van der Waals surface area contributed by atoms with Gasteiger partial charge in [-0.1, -0.05) is 25.3 Å². The number of nitrogens with two attached hydrogens (primary N) is 1. The molecule has 3 atom stereocenters. The molecule has 182 valence electrons. The molecule has 2 aliphatic carbocycles. The van der Waals surface area contributed by atoms with Crippen molar-refractivity contribution in [3.8, 4) is 5.75 Å². The number of nitrogens with one attached hydrogen (secondary N) is 3. The van der Waals surface area contributed by atoms with Gasteiger partial charge in [0.2, 0.25) is 11.8 Å². The molecule has 1 aromatic heterocycles. The molecular formula is C25H32N4O5. The van der Waals surface area contributed by atoms with Gasteiger partial charge < -0.3 is 26.1 Å². The van der Waals surface area contributed by atoms with Gasteiger partial charge in [0, 0.05) is 23.2 Å². The Hall–Kier alpha value is -3.36. The first-order chi connectivity index (χ1) is 16.4. The minimum absolute atomic E-state index is 0.106. The standard InChI is InChI=1S/C25H32N4O5/c1-34-22-10-4-8-17-16(22)13-20(27-17)25(33)29-19(11-14-5-2-6-14)24(32)28-18(23(26)31)12-15-7-3-9-21(15)30/h4,8,10,13-15,18-19,27H,2-3,5-7,9,11-12H2,1H3,(H2,26,31)(H,28,32)(H,29,33)/t15-,18-,19-/m0/s1. The monoisotopic (exact) mass is 468 g/mol. The number of carbonyl (C=O) groups excluding carboxylic acids is 4. The van der Waals surface area contributed by atoms with Gasteiger partial charge in [0.15, 0.2) is 0 Å². The topological polar surface area (TPSA) is 143 Å². The lowest BCUT2D eigenvalue weighted by atomic mass is 9.80. The molecule has 9 nitrogen and oxygen atoms in total. The predicted octanol–water partition coefficient (Wildman–Crippen LogP) is 2.19. The average molecular weight is 469 g/mol. The molecule has 2 fully saturated rings. The highest BCUT2D eigenvalue weighted by molar-refractivity contribution is 6.01. The molecule has 1 heterocycles. The van der Waals surface area contributed by atoms with E-state index in [2.05, 4.69) is 15.6 Å². The average Bonchev–Trinajstić information content (AvgIpc) is 3.40. The van der Waals surface area contributed by atoms with E-state index in [1.807, 2.05) is 18.2 Å². The Labute approximate surface area is 198 Å². The Kier molecular flexibility index (Phi) is 7.19. The quantitative estimate of drug-likeness (QED) is 0.423. The number of H-pyrrole nitrogens is 1. The number of fused-ring (bicyclic) bond motifs is 1. The highest BCUT2D eigenvalue weighted by Gasteiger charge is 2.34. The molecular weight excluding hydrogens is 436 g/mol. The Morgan fingerprint density at radius 1 is 1.12 bits per heavy atom. The lowest BCUT2D eigenvalue weighted by Gasteiger charge is -2.30. The number of primary amides is 1. The number of hydrogen-bond donors (Lipinski definition) is 4. The fourth-order valence-electron chi connectivity index (χ4n) is 4.90. The molecule has 5 N–H and O–H groups in total. The van der Waals surface area contributed by atoms with Crippen LogP contribution in [0, 0.1) is 11.8 Å². The zero-order valence-corrected chi connectivity index (χ0v) is 19.4. The number of hydrogen-bond acceptors (Lipinski definition) is 5. The Bertz CT molecular complexity index is 1090. The van der Waals surface area contributed by atoms with Crippen molar-refractivity contribution in [3.05, 3.63) is 30.0 Å². The highest BCUT2D eigenvalue weighted by Crippen LogP contribution is 2.31. The van der Waals surface area contributed by atoms with Gasteiger partial charge in [0.05, 0.1) is 7.11 Å².